The zero-order valence-electron chi connectivity index (χ0n) is 11.1. The first-order valence-electron chi connectivity index (χ1n) is 6.31. The molecule has 0 aliphatic heterocycles. The first kappa shape index (κ1) is 14.0. The maximum atomic E-state index is 11.0. The number of nitrogens with zero attached hydrogens (tertiary/aromatic N) is 2. The van der Waals surface area contributed by atoms with Gasteiger partial charge in [0.05, 0.1) is 10.3 Å². The van der Waals surface area contributed by atoms with Crippen LogP contribution in [0, 0.1) is 10.1 Å². The molecule has 0 fully saturated rings. The predicted molar refractivity (Wildman–Crippen MR) is 86.9 cm³/mol. The molecule has 3 rings (SSSR count). The van der Waals surface area contributed by atoms with E-state index < -0.39 is 4.92 Å². The van der Waals surface area contributed by atoms with E-state index in [1.54, 1.807) is 24.3 Å². The highest BCUT2D eigenvalue weighted by Gasteiger charge is 2.14. The van der Waals surface area contributed by atoms with Crippen LogP contribution < -0.4 is 10.6 Å². The average Bonchev–Trinajstić information content (AvgIpc) is 2.91. The molecule has 2 aromatic carbocycles. The van der Waals surface area contributed by atoms with Gasteiger partial charge in [-0.05, 0) is 30.4 Å². The summed E-state index contributed by atoms with van der Waals surface area (Å²) in [7, 11) is 0. The second-order valence-electron chi connectivity index (χ2n) is 4.38. The van der Waals surface area contributed by atoms with Crippen molar-refractivity contribution in [2.75, 3.05) is 10.6 Å². The number of anilines is 2. The molecule has 0 saturated carbocycles. The summed E-state index contributed by atoms with van der Waals surface area (Å²) in [6.45, 7) is 0. The Kier molecular flexibility index (Phi) is 3.67. The smallest absolute Gasteiger partial charge is 0.292 e. The molecule has 0 aliphatic carbocycles. The molecule has 0 saturated heterocycles. The van der Waals surface area contributed by atoms with Gasteiger partial charge in [-0.2, -0.15) is 0 Å². The van der Waals surface area contributed by atoms with E-state index in [1.807, 2.05) is 18.2 Å². The molecule has 0 unspecified atom stereocenters. The molecule has 0 bridgehead atoms. The molecule has 1 heterocycles. The molecule has 2 N–H and O–H groups in total. The van der Waals surface area contributed by atoms with Crippen molar-refractivity contribution >= 4 is 45.5 Å². The summed E-state index contributed by atoms with van der Waals surface area (Å²) >= 11 is 5.17. The zero-order valence-corrected chi connectivity index (χ0v) is 12.0. The van der Waals surface area contributed by atoms with Gasteiger partial charge in [0.25, 0.3) is 5.69 Å². The lowest BCUT2D eigenvalue weighted by molar-refractivity contribution is -0.383. The van der Waals surface area contributed by atoms with Crippen LogP contribution in [0.1, 0.15) is 0 Å². The van der Waals surface area contributed by atoms with Gasteiger partial charge in [0.2, 0.25) is 0 Å². The summed E-state index contributed by atoms with van der Waals surface area (Å²) in [4.78, 5) is 10.5. The maximum Gasteiger partial charge on any atom is 0.292 e. The molecule has 22 heavy (non-hydrogen) atoms. The number of nitro groups is 1. The Morgan fingerprint density at radius 2 is 1.86 bits per heavy atom. The predicted octanol–water partition coefficient (Wildman–Crippen LogP) is 3.54. The first-order chi connectivity index (χ1) is 10.6. The van der Waals surface area contributed by atoms with Crippen LogP contribution in [0.25, 0.3) is 11.0 Å². The highest BCUT2D eigenvalue weighted by molar-refractivity contribution is 7.80. The number of para-hydroxylation sites is 3. The lowest BCUT2D eigenvalue weighted by atomic mass is 10.2. The molecule has 110 valence electrons. The van der Waals surface area contributed by atoms with Crippen LogP contribution in [-0.4, -0.2) is 15.2 Å². The number of nitrogens with one attached hydrogen (secondary N) is 2. The number of hydrogen-bond donors (Lipinski definition) is 2. The van der Waals surface area contributed by atoms with E-state index in [2.05, 4.69) is 15.8 Å². The highest BCUT2D eigenvalue weighted by Crippen LogP contribution is 2.25. The van der Waals surface area contributed by atoms with Gasteiger partial charge < -0.3 is 15.2 Å². The number of fused-ring (bicyclic) bond motifs is 1. The fourth-order valence-corrected chi connectivity index (χ4v) is 2.18. The van der Waals surface area contributed by atoms with Crippen molar-refractivity contribution in [3.63, 3.8) is 0 Å². The number of aromatic nitrogens is 1. The van der Waals surface area contributed by atoms with Gasteiger partial charge in [-0.15, -0.1) is 0 Å². The second-order valence-corrected chi connectivity index (χ2v) is 4.79. The molecule has 0 amide bonds. The van der Waals surface area contributed by atoms with Crippen LogP contribution >= 0.6 is 12.2 Å². The van der Waals surface area contributed by atoms with Crippen LogP contribution in [0.15, 0.2) is 53.1 Å². The Balaban J connectivity index is 1.80. The SMILES string of the molecule is O=[N+]([O-])c1ccccc1NC(=S)Nc1noc2ccccc12. The summed E-state index contributed by atoms with van der Waals surface area (Å²) in [5.74, 6) is 0.451. The molecular formula is C14H10N4O3S. The van der Waals surface area contributed by atoms with Crippen LogP contribution in [-0.2, 0) is 0 Å². The molecule has 7 nitrogen and oxygen atoms in total. The third-order valence-electron chi connectivity index (χ3n) is 2.96. The summed E-state index contributed by atoms with van der Waals surface area (Å²) < 4.78 is 5.15. The summed E-state index contributed by atoms with van der Waals surface area (Å²) in [5, 5.41) is 21.5. The summed E-state index contributed by atoms with van der Waals surface area (Å²) in [6.07, 6.45) is 0. The minimum Gasteiger partial charge on any atom is -0.354 e. The van der Waals surface area contributed by atoms with Crippen molar-refractivity contribution in [1.29, 1.82) is 0 Å². The van der Waals surface area contributed by atoms with Gasteiger partial charge in [-0.3, -0.25) is 10.1 Å². The van der Waals surface area contributed by atoms with Crippen molar-refractivity contribution in [2.45, 2.75) is 0 Å². The standard InChI is InChI=1S/C14H10N4O3S/c19-18(20)11-7-3-2-6-10(11)15-14(22)16-13-9-5-1-4-8-12(9)21-17-13/h1-8H,(H2,15,16,17,22). The lowest BCUT2D eigenvalue weighted by Crippen LogP contribution is -2.20. The van der Waals surface area contributed by atoms with Gasteiger partial charge in [-0.25, -0.2) is 0 Å². The average molecular weight is 314 g/mol. The number of rotatable bonds is 3. The molecule has 8 heteroatoms. The topological polar surface area (TPSA) is 93.2 Å². The van der Waals surface area contributed by atoms with Gasteiger partial charge >= 0.3 is 0 Å². The fraction of sp³-hybridized carbons (Fsp3) is 0. The van der Waals surface area contributed by atoms with Crippen LogP contribution in [0.2, 0.25) is 0 Å². The number of thiocarbonyl (C=S) groups is 1. The zero-order chi connectivity index (χ0) is 15.5. The second kappa shape index (κ2) is 5.78. The van der Waals surface area contributed by atoms with Gasteiger partial charge in [0.15, 0.2) is 16.5 Å². The molecule has 0 spiro atoms. The molecule has 0 atom stereocenters. The van der Waals surface area contributed by atoms with Crippen molar-refractivity contribution in [2.24, 2.45) is 0 Å². The maximum absolute atomic E-state index is 11.0. The first-order valence-corrected chi connectivity index (χ1v) is 6.72. The lowest BCUT2D eigenvalue weighted by Gasteiger charge is -2.08. The molecule has 1 aromatic heterocycles. The van der Waals surface area contributed by atoms with E-state index in [9.17, 15) is 10.1 Å². The van der Waals surface area contributed by atoms with Crippen molar-refractivity contribution < 1.29 is 9.45 Å². The van der Waals surface area contributed by atoms with Crippen LogP contribution in [0.5, 0.6) is 0 Å². The van der Waals surface area contributed by atoms with E-state index >= 15 is 0 Å². The number of nitro benzene ring substituents is 1. The number of hydrogen-bond acceptors (Lipinski definition) is 5. The minimum atomic E-state index is -0.476. The third kappa shape index (κ3) is 2.72. The molecular weight excluding hydrogens is 304 g/mol. The van der Waals surface area contributed by atoms with Crippen molar-refractivity contribution in [1.82, 2.24) is 5.16 Å². The minimum absolute atomic E-state index is 0.0586. The Morgan fingerprint density at radius 3 is 2.68 bits per heavy atom. The fourth-order valence-electron chi connectivity index (χ4n) is 1.98. The number of benzene rings is 2. The van der Waals surface area contributed by atoms with Crippen LogP contribution in [0.3, 0.4) is 0 Å². The third-order valence-corrected chi connectivity index (χ3v) is 3.16. The monoisotopic (exact) mass is 314 g/mol. The summed E-state index contributed by atoms with van der Waals surface area (Å²) in [5.41, 5.74) is 0.868. The highest BCUT2D eigenvalue weighted by atomic mass is 32.1. The Hall–Kier alpha value is -3.00. The summed E-state index contributed by atoms with van der Waals surface area (Å²) in [6, 6.07) is 13.6. The Bertz CT molecular complexity index is 862. The van der Waals surface area contributed by atoms with E-state index in [4.69, 9.17) is 16.7 Å². The molecule has 0 aliphatic rings. The largest absolute Gasteiger partial charge is 0.354 e. The van der Waals surface area contributed by atoms with Gasteiger partial charge in [-0.1, -0.05) is 29.4 Å². The van der Waals surface area contributed by atoms with E-state index in [-0.39, 0.29) is 10.8 Å². The van der Waals surface area contributed by atoms with E-state index in [0.29, 0.717) is 17.1 Å². The van der Waals surface area contributed by atoms with Gasteiger partial charge in [0.1, 0.15) is 5.69 Å². The molecule has 3 aromatic rings. The van der Waals surface area contributed by atoms with Crippen molar-refractivity contribution in [3.8, 4) is 0 Å². The van der Waals surface area contributed by atoms with Crippen LogP contribution in [0.4, 0.5) is 17.2 Å². The Labute approximate surface area is 130 Å². The van der Waals surface area contributed by atoms with Crippen molar-refractivity contribution in [3.05, 3.63) is 58.6 Å². The Morgan fingerprint density at radius 1 is 1.14 bits per heavy atom. The molecule has 0 radical (unpaired) electrons. The normalized spacial score (nSPS) is 10.4. The quantitative estimate of drug-likeness (QED) is 0.434. The van der Waals surface area contributed by atoms with Gasteiger partial charge in [0, 0.05) is 6.07 Å². The van der Waals surface area contributed by atoms with E-state index in [1.165, 1.54) is 6.07 Å². The van der Waals surface area contributed by atoms with E-state index in [0.717, 1.165) is 5.39 Å².